The SMILES string of the molecule is CCOC(=O)CSc1cc(N2C(=O)C=C(C(F)(F)F)N3CCN=C32)c(F)cc1Cl.CCOC(=O)CSc1cc(NC(=S)OCC)c(F)cc1Cl.CCOC(=O)CSc1cc(NC2=NCCN2)c(F)cc1Cl.Nc1cc(SCC(=O)O)c(Cl)cc1F. The van der Waals surface area contributed by atoms with Gasteiger partial charge in [0.05, 0.1) is 105 Å². The van der Waals surface area contributed by atoms with Gasteiger partial charge in [0, 0.05) is 38.7 Å². The number of halogens is 11. The third-order valence-corrected chi connectivity index (χ3v) is 16.2. The van der Waals surface area contributed by atoms with E-state index in [-0.39, 0.29) is 114 Å². The van der Waals surface area contributed by atoms with E-state index in [0.717, 1.165) is 69.8 Å². The number of hydrogen-bond acceptors (Lipinski definition) is 20. The highest BCUT2D eigenvalue weighted by Gasteiger charge is 2.47. The number of nitrogens with zero attached hydrogens (tertiary/aromatic N) is 4. The average Bonchev–Trinajstić information content (AvgIpc) is 3.35. The van der Waals surface area contributed by atoms with Crippen molar-refractivity contribution in [2.45, 2.75) is 53.5 Å². The predicted molar refractivity (Wildman–Crippen MR) is 323 cm³/mol. The van der Waals surface area contributed by atoms with Gasteiger partial charge in [0.2, 0.25) is 5.96 Å². The summed E-state index contributed by atoms with van der Waals surface area (Å²) in [6, 6.07) is 9.94. The summed E-state index contributed by atoms with van der Waals surface area (Å²) in [7, 11) is 0. The van der Waals surface area contributed by atoms with Crippen molar-refractivity contribution >= 4 is 175 Å². The second-order valence-corrected chi connectivity index (χ2v) is 22.3. The van der Waals surface area contributed by atoms with E-state index in [0.29, 0.717) is 53.1 Å². The average molecular weight is 1370 g/mol. The monoisotopic (exact) mass is 1370 g/mol. The number of aliphatic carboxylic acids is 1. The van der Waals surface area contributed by atoms with E-state index in [1.54, 1.807) is 33.8 Å². The van der Waals surface area contributed by atoms with E-state index in [9.17, 15) is 54.7 Å². The van der Waals surface area contributed by atoms with Crippen molar-refractivity contribution < 1.29 is 78.8 Å². The molecule has 18 nitrogen and oxygen atoms in total. The van der Waals surface area contributed by atoms with Gasteiger partial charge < -0.3 is 50.6 Å². The van der Waals surface area contributed by atoms with Gasteiger partial charge in [0.25, 0.3) is 11.1 Å². The first kappa shape index (κ1) is 71.7. The molecular formula is C51H51Cl4F7N8O10S5. The topological polar surface area (TPSA) is 236 Å². The fourth-order valence-electron chi connectivity index (χ4n) is 6.64. The predicted octanol–water partition coefficient (Wildman–Crippen LogP) is 12.2. The summed E-state index contributed by atoms with van der Waals surface area (Å²) in [6.07, 6.45) is -4.35. The number of nitrogens with one attached hydrogen (secondary N) is 3. The lowest BCUT2D eigenvalue weighted by molar-refractivity contribution is -0.140. The molecule has 6 N–H and O–H groups in total. The van der Waals surface area contributed by atoms with Gasteiger partial charge in [-0.15, -0.1) is 47.0 Å². The second-order valence-electron chi connectivity index (χ2n) is 16.2. The normalized spacial score (nSPS) is 13.2. The van der Waals surface area contributed by atoms with E-state index >= 15 is 0 Å². The van der Waals surface area contributed by atoms with Crippen molar-refractivity contribution in [2.24, 2.45) is 9.98 Å². The maximum atomic E-state index is 14.6. The number of anilines is 4. The second kappa shape index (κ2) is 35.2. The van der Waals surface area contributed by atoms with Gasteiger partial charge in [0.1, 0.15) is 29.0 Å². The molecule has 0 radical (unpaired) electrons. The molecule has 34 heteroatoms. The number of guanidine groups is 2. The van der Waals surface area contributed by atoms with Gasteiger partial charge in [-0.25, -0.2) is 22.5 Å². The van der Waals surface area contributed by atoms with Crippen LogP contribution >= 0.6 is 106 Å². The lowest BCUT2D eigenvalue weighted by Gasteiger charge is -2.35. The molecule has 85 heavy (non-hydrogen) atoms. The van der Waals surface area contributed by atoms with Crippen molar-refractivity contribution in [3.8, 4) is 0 Å². The number of thiocarbonyl (C=S) groups is 1. The van der Waals surface area contributed by atoms with Crippen LogP contribution in [-0.4, -0.2) is 139 Å². The molecule has 7 rings (SSSR count). The first-order chi connectivity index (χ1) is 40.2. The minimum absolute atomic E-state index is 0.0123. The molecule has 0 fully saturated rings. The van der Waals surface area contributed by atoms with Crippen LogP contribution in [0.1, 0.15) is 27.7 Å². The molecule has 3 heterocycles. The lowest BCUT2D eigenvalue weighted by atomic mass is 10.2. The van der Waals surface area contributed by atoms with Crippen LogP contribution in [0.3, 0.4) is 0 Å². The van der Waals surface area contributed by atoms with E-state index in [4.69, 9.17) is 88.4 Å². The van der Waals surface area contributed by atoms with Crippen molar-refractivity contribution in [3.05, 3.63) is 104 Å². The van der Waals surface area contributed by atoms with Crippen molar-refractivity contribution in [3.63, 3.8) is 0 Å². The van der Waals surface area contributed by atoms with Crippen LogP contribution in [0, 0.1) is 23.3 Å². The van der Waals surface area contributed by atoms with Crippen LogP contribution in [0.25, 0.3) is 0 Å². The van der Waals surface area contributed by atoms with Crippen LogP contribution in [0.5, 0.6) is 0 Å². The Labute approximate surface area is 524 Å². The summed E-state index contributed by atoms with van der Waals surface area (Å²) < 4.78 is 114. The molecule has 0 saturated heterocycles. The zero-order valence-electron chi connectivity index (χ0n) is 44.9. The Bertz CT molecular complexity index is 3200. The molecule has 4 aromatic carbocycles. The number of aliphatic imine (C=N–C) groups is 2. The Morgan fingerprint density at radius 3 is 1.61 bits per heavy atom. The number of fused-ring (bicyclic) bond motifs is 1. The molecule has 0 aliphatic carbocycles. The number of carboxylic acid groups (broad SMARTS) is 1. The highest BCUT2D eigenvalue weighted by atomic mass is 35.5. The van der Waals surface area contributed by atoms with Gasteiger partial charge in [-0.1, -0.05) is 46.4 Å². The standard InChI is InChI=1S/C17H14ClF4N3O3S.C13H15ClFN3O2S.C13H15ClFNO3S2.C8H7ClFNO2S/c1-2-28-15(27)8-29-12-6-11(10(19)5-9(12)18)25-14(26)7-13(17(20,21)22)24-4-3-23-16(24)25;1-2-20-12(19)7-21-11-6-10(9(15)5-8(11)14)18-13-16-3-4-17-13;1-3-18-12(17)7-21-11-6-10(9(15)5-8(11)14)16-13(20)19-4-2;9-4-1-5(10)6(11)2-7(4)14-3-8(12)13/h5-7H,2-4,8H2,1H3;5-6H,2-4,7H2,1H3,(H2,16,17,18);5-6H,3-4,7H2,1-2H3,(H,16,20);1-2H,3,11H2,(H,12,13). The smallest absolute Gasteiger partial charge is 0.431 e. The highest BCUT2D eigenvalue weighted by Crippen LogP contribution is 2.40. The van der Waals surface area contributed by atoms with Crippen molar-refractivity contribution in [1.82, 2.24) is 10.2 Å². The molecule has 3 aliphatic heterocycles. The third-order valence-electron chi connectivity index (χ3n) is 10.2. The first-order valence-electron chi connectivity index (χ1n) is 24.6. The molecule has 0 bridgehead atoms. The van der Waals surface area contributed by atoms with E-state index in [1.807, 2.05) is 0 Å². The summed E-state index contributed by atoms with van der Waals surface area (Å²) >= 11 is 32.9. The van der Waals surface area contributed by atoms with Gasteiger partial charge in [0.15, 0.2) is 5.96 Å². The number of carboxylic acids is 1. The summed E-state index contributed by atoms with van der Waals surface area (Å²) in [6.45, 7) is 9.40. The van der Waals surface area contributed by atoms with Crippen LogP contribution in [0.4, 0.5) is 53.5 Å². The number of nitrogen functional groups attached to an aromatic ring is 1. The number of amides is 1. The van der Waals surface area contributed by atoms with Crippen LogP contribution < -0.4 is 26.6 Å². The molecule has 3 aliphatic rings. The minimum atomic E-state index is -4.76. The zero-order valence-corrected chi connectivity index (χ0v) is 52.0. The molecule has 0 unspecified atom stereocenters. The Kier molecular flexibility index (Phi) is 29.7. The summed E-state index contributed by atoms with van der Waals surface area (Å²) in [4.78, 5) is 68.5. The van der Waals surface area contributed by atoms with E-state index in [2.05, 4.69) is 25.9 Å². The zero-order chi connectivity index (χ0) is 63.1. The van der Waals surface area contributed by atoms with Crippen LogP contribution in [0.15, 0.2) is 89.9 Å². The fraction of sp³-hybridized carbons (Fsp3) is 0.333. The number of nitrogens with two attached hydrogens (primary N) is 1. The number of ether oxygens (including phenoxy) is 4. The molecule has 0 atom stereocenters. The Hall–Kier alpha value is -5.73. The van der Waals surface area contributed by atoms with Gasteiger partial charge in [-0.05, 0) is 88.4 Å². The van der Waals surface area contributed by atoms with Crippen molar-refractivity contribution in [1.29, 1.82) is 0 Å². The molecule has 462 valence electrons. The third kappa shape index (κ3) is 22.8. The fourth-order valence-corrected chi connectivity index (χ4v) is 11.1. The molecular weight excluding hydrogens is 1320 g/mol. The minimum Gasteiger partial charge on any atom is -0.481 e. The Morgan fingerprint density at radius 1 is 0.671 bits per heavy atom. The van der Waals surface area contributed by atoms with Crippen LogP contribution in [0.2, 0.25) is 20.1 Å². The Balaban J connectivity index is 0.000000250. The summed E-state index contributed by atoms with van der Waals surface area (Å²) in [5.41, 5.74) is 4.20. The number of carbonyl (C=O) groups is 5. The summed E-state index contributed by atoms with van der Waals surface area (Å²) in [5.74, 6) is -5.62. The number of allylic oxidation sites excluding steroid dienone is 1. The largest absolute Gasteiger partial charge is 0.481 e. The highest BCUT2D eigenvalue weighted by molar-refractivity contribution is 8.00. The molecule has 4 aromatic rings. The van der Waals surface area contributed by atoms with Gasteiger partial charge >= 0.3 is 30.1 Å². The first-order valence-corrected chi connectivity index (χ1v) is 30.4. The quantitative estimate of drug-likeness (QED) is 0.0147. The lowest BCUT2D eigenvalue weighted by Crippen LogP contribution is -2.51. The Morgan fingerprint density at radius 2 is 1.13 bits per heavy atom. The number of rotatable bonds is 19. The maximum Gasteiger partial charge on any atom is 0.431 e. The molecule has 1 amide bonds. The van der Waals surface area contributed by atoms with Crippen LogP contribution in [-0.2, 0) is 42.9 Å². The number of esters is 3. The number of carbonyl (C=O) groups excluding carboxylic acids is 4. The van der Waals surface area contributed by atoms with Gasteiger partial charge in [-0.3, -0.25) is 34.0 Å². The number of thioether (sulfide) groups is 4. The molecule has 0 saturated carbocycles. The molecule has 0 spiro atoms. The number of hydrogen-bond donors (Lipinski definition) is 5. The van der Waals surface area contributed by atoms with Crippen molar-refractivity contribution in [2.75, 3.05) is 96.9 Å². The van der Waals surface area contributed by atoms with Gasteiger partial charge in [-0.2, -0.15) is 13.2 Å². The summed E-state index contributed by atoms with van der Waals surface area (Å²) in [5, 5.41) is 17.6. The molecule has 0 aromatic heterocycles. The van der Waals surface area contributed by atoms with E-state index in [1.165, 1.54) is 36.0 Å². The number of benzene rings is 4. The maximum absolute atomic E-state index is 14.6. The number of alkyl halides is 3. The van der Waals surface area contributed by atoms with E-state index < -0.39 is 53.0 Å².